The van der Waals surface area contributed by atoms with E-state index in [9.17, 15) is 4.79 Å². The van der Waals surface area contributed by atoms with Gasteiger partial charge in [0.2, 0.25) is 0 Å². The molecule has 0 aliphatic carbocycles. The monoisotopic (exact) mass is 128 g/mol. The van der Waals surface area contributed by atoms with Gasteiger partial charge in [-0.3, -0.25) is 4.79 Å². The first-order chi connectivity index (χ1) is 4.22. The van der Waals surface area contributed by atoms with Crippen molar-refractivity contribution in [3.63, 3.8) is 0 Å². The number of ether oxygens (including phenoxy) is 1. The van der Waals surface area contributed by atoms with Gasteiger partial charge in [0.25, 0.3) is 0 Å². The lowest BCUT2D eigenvalue weighted by Gasteiger charge is -2.03. The third kappa shape index (κ3) is 3.03. The first kappa shape index (κ1) is 8.37. The van der Waals surface area contributed by atoms with E-state index in [0.29, 0.717) is 0 Å². The molecule has 0 bridgehead atoms. The number of carbonyl (C=O) groups is 1. The van der Waals surface area contributed by atoms with Crippen LogP contribution in [0.15, 0.2) is 12.2 Å². The molecule has 0 aromatic heterocycles. The molecule has 0 radical (unpaired) electrons. The molecule has 0 aromatic rings. The van der Waals surface area contributed by atoms with E-state index >= 15 is 0 Å². The molecule has 0 aliphatic heterocycles. The number of ketones is 1. The van der Waals surface area contributed by atoms with Gasteiger partial charge in [-0.25, -0.2) is 0 Å². The molecule has 0 heterocycles. The maximum absolute atomic E-state index is 10.6. The van der Waals surface area contributed by atoms with Crippen molar-refractivity contribution < 1.29 is 9.53 Å². The Balaban J connectivity index is 3.83. The van der Waals surface area contributed by atoms with Gasteiger partial charge >= 0.3 is 0 Å². The van der Waals surface area contributed by atoms with Gasteiger partial charge in [-0.2, -0.15) is 0 Å². The highest BCUT2D eigenvalue weighted by Crippen LogP contribution is 1.92. The number of methoxy groups -OCH3 is 1. The second-order valence-corrected chi connectivity index (χ2v) is 1.79. The summed E-state index contributed by atoms with van der Waals surface area (Å²) in [7, 11) is 1.52. The highest BCUT2D eigenvalue weighted by Gasteiger charge is 2.05. The second-order valence-electron chi connectivity index (χ2n) is 1.79. The lowest BCUT2D eigenvalue weighted by atomic mass is 10.2. The van der Waals surface area contributed by atoms with E-state index in [-0.39, 0.29) is 11.9 Å². The van der Waals surface area contributed by atoms with Gasteiger partial charge in [0.1, 0.15) is 6.10 Å². The van der Waals surface area contributed by atoms with Gasteiger partial charge in [0.05, 0.1) is 0 Å². The molecular formula is C7H12O2. The lowest BCUT2D eigenvalue weighted by molar-refractivity contribution is -0.124. The minimum atomic E-state index is -0.352. The van der Waals surface area contributed by atoms with Crippen molar-refractivity contribution in [2.45, 2.75) is 20.0 Å². The van der Waals surface area contributed by atoms with Crippen molar-refractivity contribution in [2.24, 2.45) is 0 Å². The number of hydrogen-bond acceptors (Lipinski definition) is 2. The Hall–Kier alpha value is -0.630. The highest BCUT2D eigenvalue weighted by molar-refractivity contribution is 5.82. The molecule has 2 heteroatoms. The van der Waals surface area contributed by atoms with Crippen LogP contribution in [0, 0.1) is 0 Å². The third-order valence-corrected chi connectivity index (χ3v) is 1.02. The van der Waals surface area contributed by atoms with Crippen LogP contribution >= 0.6 is 0 Å². The van der Waals surface area contributed by atoms with E-state index in [4.69, 9.17) is 4.74 Å². The van der Waals surface area contributed by atoms with Crippen LogP contribution in [-0.2, 0) is 9.53 Å². The Morgan fingerprint density at radius 3 is 2.33 bits per heavy atom. The molecule has 1 atom stereocenters. The van der Waals surface area contributed by atoms with Gasteiger partial charge in [0, 0.05) is 7.11 Å². The standard InChI is InChI=1S/C7H12O2/c1-4-5-7(9-3)6(2)8/h4-5,7H,1-3H3. The Kier molecular flexibility index (Phi) is 3.97. The zero-order valence-electron chi connectivity index (χ0n) is 6.05. The highest BCUT2D eigenvalue weighted by atomic mass is 16.5. The van der Waals surface area contributed by atoms with Crippen LogP contribution in [0.25, 0.3) is 0 Å². The zero-order valence-corrected chi connectivity index (χ0v) is 6.05. The van der Waals surface area contributed by atoms with Crippen LogP contribution in [0.3, 0.4) is 0 Å². The van der Waals surface area contributed by atoms with Crippen LogP contribution in [0.4, 0.5) is 0 Å². The maximum atomic E-state index is 10.6. The SMILES string of the molecule is CC=CC(OC)C(C)=O. The molecule has 0 aromatic carbocycles. The Morgan fingerprint density at radius 2 is 2.22 bits per heavy atom. The Bertz CT molecular complexity index is 116. The molecule has 9 heavy (non-hydrogen) atoms. The van der Waals surface area contributed by atoms with Crippen molar-refractivity contribution in [3.8, 4) is 0 Å². The fourth-order valence-electron chi connectivity index (χ4n) is 0.555. The minimum absolute atomic E-state index is 0.0376. The molecule has 0 amide bonds. The maximum Gasteiger partial charge on any atom is 0.162 e. The van der Waals surface area contributed by atoms with E-state index in [0.717, 1.165) is 0 Å². The molecule has 0 N–H and O–H groups in total. The topological polar surface area (TPSA) is 26.3 Å². The number of hydrogen-bond donors (Lipinski definition) is 0. The van der Waals surface area contributed by atoms with Crippen LogP contribution in [0.1, 0.15) is 13.8 Å². The minimum Gasteiger partial charge on any atom is -0.370 e. The summed E-state index contributed by atoms with van der Waals surface area (Å²) < 4.78 is 4.82. The average Bonchev–Trinajstić information content (AvgIpc) is 1.82. The Labute approximate surface area is 55.5 Å². The molecule has 0 rings (SSSR count). The summed E-state index contributed by atoms with van der Waals surface area (Å²) >= 11 is 0. The van der Waals surface area contributed by atoms with E-state index < -0.39 is 0 Å². The fourth-order valence-corrected chi connectivity index (χ4v) is 0.555. The lowest BCUT2D eigenvalue weighted by Crippen LogP contribution is -2.16. The average molecular weight is 128 g/mol. The van der Waals surface area contributed by atoms with Crippen molar-refractivity contribution >= 4 is 5.78 Å². The quantitative estimate of drug-likeness (QED) is 0.533. The summed E-state index contributed by atoms with van der Waals surface area (Å²) in [5.74, 6) is 0.0376. The first-order valence-corrected chi connectivity index (χ1v) is 2.88. The normalized spacial score (nSPS) is 14.1. The van der Waals surface area contributed by atoms with E-state index in [1.165, 1.54) is 14.0 Å². The number of allylic oxidation sites excluding steroid dienone is 1. The summed E-state index contributed by atoms with van der Waals surface area (Å²) in [6, 6.07) is 0. The third-order valence-electron chi connectivity index (χ3n) is 1.02. The molecule has 0 spiro atoms. The molecule has 0 saturated carbocycles. The Morgan fingerprint density at radius 1 is 1.67 bits per heavy atom. The van der Waals surface area contributed by atoms with Crippen molar-refractivity contribution in [1.82, 2.24) is 0 Å². The van der Waals surface area contributed by atoms with Crippen LogP contribution in [0.2, 0.25) is 0 Å². The van der Waals surface area contributed by atoms with Gasteiger partial charge in [-0.15, -0.1) is 0 Å². The summed E-state index contributed by atoms with van der Waals surface area (Å²) in [5, 5.41) is 0. The zero-order chi connectivity index (χ0) is 7.28. The fraction of sp³-hybridized carbons (Fsp3) is 0.571. The van der Waals surface area contributed by atoms with Gasteiger partial charge in [-0.05, 0) is 13.8 Å². The first-order valence-electron chi connectivity index (χ1n) is 2.88. The van der Waals surface area contributed by atoms with Crippen LogP contribution in [-0.4, -0.2) is 19.0 Å². The van der Waals surface area contributed by atoms with Crippen molar-refractivity contribution in [2.75, 3.05) is 7.11 Å². The smallest absolute Gasteiger partial charge is 0.162 e. The predicted molar refractivity (Wildman–Crippen MR) is 36.3 cm³/mol. The molecular weight excluding hydrogens is 116 g/mol. The number of rotatable bonds is 3. The molecule has 1 unspecified atom stereocenters. The molecule has 0 aliphatic rings. The van der Waals surface area contributed by atoms with Crippen LogP contribution < -0.4 is 0 Å². The number of Topliss-reactive ketones (excluding diaryl/α,β-unsaturated/α-hetero) is 1. The van der Waals surface area contributed by atoms with Crippen LogP contribution in [0.5, 0.6) is 0 Å². The summed E-state index contributed by atoms with van der Waals surface area (Å²) in [6.07, 6.45) is 3.17. The summed E-state index contributed by atoms with van der Waals surface area (Å²) in [5.41, 5.74) is 0. The van der Waals surface area contributed by atoms with Crippen molar-refractivity contribution in [1.29, 1.82) is 0 Å². The molecule has 2 nitrogen and oxygen atoms in total. The second kappa shape index (κ2) is 4.27. The van der Waals surface area contributed by atoms with Crippen molar-refractivity contribution in [3.05, 3.63) is 12.2 Å². The van der Waals surface area contributed by atoms with E-state index in [1.54, 1.807) is 12.2 Å². The summed E-state index contributed by atoms with van der Waals surface area (Å²) in [4.78, 5) is 10.6. The van der Waals surface area contributed by atoms with E-state index in [2.05, 4.69) is 0 Å². The van der Waals surface area contributed by atoms with Gasteiger partial charge in [-0.1, -0.05) is 12.2 Å². The molecule has 52 valence electrons. The summed E-state index contributed by atoms with van der Waals surface area (Å²) in [6.45, 7) is 3.36. The molecule has 0 fully saturated rings. The molecule has 0 saturated heterocycles. The number of carbonyl (C=O) groups excluding carboxylic acids is 1. The predicted octanol–water partition coefficient (Wildman–Crippen LogP) is 1.17. The largest absolute Gasteiger partial charge is 0.370 e. The van der Waals surface area contributed by atoms with Gasteiger partial charge < -0.3 is 4.74 Å². The van der Waals surface area contributed by atoms with Gasteiger partial charge in [0.15, 0.2) is 5.78 Å². The van der Waals surface area contributed by atoms with E-state index in [1.807, 2.05) is 6.92 Å².